The molecule has 1 N–H and O–H groups in total. The summed E-state index contributed by atoms with van der Waals surface area (Å²) in [5, 5.41) is 12.7. The van der Waals surface area contributed by atoms with E-state index in [2.05, 4.69) is 17.5 Å². The van der Waals surface area contributed by atoms with E-state index in [1.165, 1.54) is 12.1 Å². The quantitative estimate of drug-likeness (QED) is 0.583. The van der Waals surface area contributed by atoms with Gasteiger partial charge in [0, 0.05) is 17.5 Å². The molecular formula is C27H24BFN2O2. The monoisotopic (exact) mass is 438 g/mol. The summed E-state index contributed by atoms with van der Waals surface area (Å²) < 4.78 is 24.8. The number of nitrogens with zero attached hydrogens (tertiary/aromatic N) is 1. The minimum Gasteiger partial charge on any atom is -0.493 e. The standard InChI is InChI=1S/C27H24BFN2O2/c1-32-27-14-19(8-12-26(27)33-17-21-5-9-23(28)13-22(21)15-30)20-3-2-4-25(31-16-20)18-6-10-24(29)11-7-18/h4-14,16,31H,2-3,17,28H2,1H3. The minimum absolute atomic E-state index is 0.246. The number of benzene rings is 3. The van der Waals surface area contributed by atoms with Gasteiger partial charge in [-0.3, -0.25) is 0 Å². The second-order valence-corrected chi connectivity index (χ2v) is 7.90. The van der Waals surface area contributed by atoms with Crippen LogP contribution in [0.2, 0.25) is 0 Å². The summed E-state index contributed by atoms with van der Waals surface area (Å²) in [4.78, 5) is 0. The van der Waals surface area contributed by atoms with Crippen LogP contribution in [0.15, 0.2) is 72.9 Å². The molecule has 1 aliphatic heterocycles. The van der Waals surface area contributed by atoms with Crippen molar-refractivity contribution in [3.8, 4) is 17.6 Å². The molecular weight excluding hydrogens is 414 g/mol. The normalized spacial score (nSPS) is 13.1. The number of allylic oxidation sites excluding steroid dienone is 2. The molecule has 6 heteroatoms. The van der Waals surface area contributed by atoms with Gasteiger partial charge in [-0.05, 0) is 53.8 Å². The molecule has 1 heterocycles. The maximum absolute atomic E-state index is 13.2. The molecule has 0 unspecified atom stereocenters. The largest absolute Gasteiger partial charge is 0.493 e. The van der Waals surface area contributed by atoms with Gasteiger partial charge in [0.15, 0.2) is 11.5 Å². The number of nitriles is 1. The van der Waals surface area contributed by atoms with E-state index in [0.717, 1.165) is 46.3 Å². The number of hydrogen-bond donors (Lipinski definition) is 1. The first-order valence-electron chi connectivity index (χ1n) is 10.8. The van der Waals surface area contributed by atoms with Crippen molar-refractivity contribution in [2.45, 2.75) is 19.4 Å². The Morgan fingerprint density at radius 1 is 1.03 bits per heavy atom. The van der Waals surface area contributed by atoms with E-state index < -0.39 is 0 Å². The predicted molar refractivity (Wildman–Crippen MR) is 131 cm³/mol. The summed E-state index contributed by atoms with van der Waals surface area (Å²) in [5.41, 5.74) is 6.58. The lowest BCUT2D eigenvalue weighted by molar-refractivity contribution is 0.284. The topological polar surface area (TPSA) is 54.3 Å². The van der Waals surface area contributed by atoms with Gasteiger partial charge in [-0.25, -0.2) is 4.39 Å². The zero-order valence-corrected chi connectivity index (χ0v) is 18.7. The van der Waals surface area contributed by atoms with E-state index >= 15 is 0 Å². The van der Waals surface area contributed by atoms with Crippen LogP contribution in [0.1, 0.15) is 35.1 Å². The van der Waals surface area contributed by atoms with Crippen LogP contribution in [-0.2, 0) is 6.61 Å². The van der Waals surface area contributed by atoms with Gasteiger partial charge >= 0.3 is 0 Å². The lowest BCUT2D eigenvalue weighted by Gasteiger charge is -2.14. The van der Waals surface area contributed by atoms with Crippen LogP contribution in [0.4, 0.5) is 4.39 Å². The molecule has 0 saturated carbocycles. The third-order valence-electron chi connectivity index (χ3n) is 5.62. The van der Waals surface area contributed by atoms with Gasteiger partial charge in [0.2, 0.25) is 0 Å². The fourth-order valence-electron chi connectivity index (χ4n) is 3.79. The van der Waals surface area contributed by atoms with Gasteiger partial charge in [-0.15, -0.1) is 0 Å². The predicted octanol–water partition coefficient (Wildman–Crippen LogP) is 4.31. The van der Waals surface area contributed by atoms with E-state index in [1.54, 1.807) is 19.2 Å². The highest BCUT2D eigenvalue weighted by atomic mass is 19.1. The van der Waals surface area contributed by atoms with Gasteiger partial charge in [0.1, 0.15) is 20.3 Å². The molecule has 0 atom stereocenters. The maximum Gasteiger partial charge on any atom is 0.161 e. The highest BCUT2D eigenvalue weighted by Gasteiger charge is 2.13. The zero-order chi connectivity index (χ0) is 23.2. The molecule has 0 aromatic heterocycles. The van der Waals surface area contributed by atoms with Gasteiger partial charge in [-0.2, -0.15) is 5.26 Å². The van der Waals surface area contributed by atoms with Crippen molar-refractivity contribution < 1.29 is 13.9 Å². The fourth-order valence-corrected chi connectivity index (χ4v) is 3.79. The number of rotatable bonds is 6. The van der Waals surface area contributed by atoms with Gasteiger partial charge in [0.05, 0.1) is 18.7 Å². The van der Waals surface area contributed by atoms with Gasteiger partial charge in [-0.1, -0.05) is 47.9 Å². The van der Waals surface area contributed by atoms with Crippen LogP contribution in [0.3, 0.4) is 0 Å². The molecule has 0 bridgehead atoms. The van der Waals surface area contributed by atoms with Crippen LogP contribution in [0.25, 0.3) is 11.3 Å². The van der Waals surface area contributed by atoms with Crippen molar-refractivity contribution in [1.82, 2.24) is 5.32 Å². The molecule has 4 nitrogen and oxygen atoms in total. The van der Waals surface area contributed by atoms with Crippen molar-refractivity contribution in [2.75, 3.05) is 7.11 Å². The summed E-state index contributed by atoms with van der Waals surface area (Å²) >= 11 is 0. The Bertz CT molecular complexity index is 1260. The molecule has 1 aliphatic rings. The first kappa shape index (κ1) is 22.2. The minimum atomic E-state index is -0.246. The molecule has 0 saturated heterocycles. The fraction of sp³-hybridized carbons (Fsp3) is 0.148. The Morgan fingerprint density at radius 3 is 2.58 bits per heavy atom. The lowest BCUT2D eigenvalue weighted by atomic mass is 9.92. The Kier molecular flexibility index (Phi) is 6.80. The number of ether oxygens (including phenoxy) is 2. The van der Waals surface area contributed by atoms with E-state index in [-0.39, 0.29) is 12.4 Å². The number of methoxy groups -OCH3 is 1. The third-order valence-corrected chi connectivity index (χ3v) is 5.62. The second kappa shape index (κ2) is 10.1. The number of hydrogen-bond acceptors (Lipinski definition) is 4. The summed E-state index contributed by atoms with van der Waals surface area (Å²) in [6.45, 7) is 0.286. The van der Waals surface area contributed by atoms with Gasteiger partial charge < -0.3 is 14.8 Å². The first-order valence-corrected chi connectivity index (χ1v) is 10.8. The van der Waals surface area contributed by atoms with Crippen molar-refractivity contribution in [3.05, 3.63) is 101 Å². The van der Waals surface area contributed by atoms with Crippen LogP contribution >= 0.6 is 0 Å². The number of nitrogens with one attached hydrogen (secondary N) is 1. The Labute approximate surface area is 194 Å². The average Bonchev–Trinajstić information content (AvgIpc) is 3.10. The zero-order valence-electron chi connectivity index (χ0n) is 18.7. The van der Waals surface area contributed by atoms with Gasteiger partial charge in [0.25, 0.3) is 0 Å². The van der Waals surface area contributed by atoms with Crippen molar-refractivity contribution in [1.29, 1.82) is 5.26 Å². The van der Waals surface area contributed by atoms with E-state index in [4.69, 9.17) is 9.47 Å². The van der Waals surface area contributed by atoms with Crippen LogP contribution in [-0.4, -0.2) is 15.0 Å². The van der Waals surface area contributed by atoms with Crippen LogP contribution in [0.5, 0.6) is 11.5 Å². The second-order valence-electron chi connectivity index (χ2n) is 7.90. The summed E-state index contributed by atoms with van der Waals surface area (Å²) in [7, 11) is 3.58. The molecule has 0 fully saturated rings. The Hall–Kier alpha value is -3.98. The van der Waals surface area contributed by atoms with Crippen LogP contribution < -0.4 is 20.3 Å². The van der Waals surface area contributed by atoms with Crippen molar-refractivity contribution in [2.24, 2.45) is 0 Å². The first-order chi connectivity index (χ1) is 16.1. The molecule has 0 aliphatic carbocycles. The SMILES string of the molecule is Bc1ccc(COc2ccc(C3=CNC(c4ccc(F)cc4)=CCC3)cc2OC)c(C#N)c1. The molecule has 164 valence electrons. The van der Waals surface area contributed by atoms with Crippen molar-refractivity contribution >= 4 is 24.6 Å². The lowest BCUT2D eigenvalue weighted by Crippen LogP contribution is -2.07. The summed E-state index contributed by atoms with van der Waals surface area (Å²) in [6.07, 6.45) is 5.83. The highest BCUT2D eigenvalue weighted by molar-refractivity contribution is 6.32. The van der Waals surface area contributed by atoms with Crippen LogP contribution in [0, 0.1) is 17.1 Å². The smallest absolute Gasteiger partial charge is 0.161 e. The molecule has 0 amide bonds. The average molecular weight is 438 g/mol. The third kappa shape index (κ3) is 5.27. The van der Waals surface area contributed by atoms with E-state index in [0.29, 0.717) is 17.1 Å². The summed E-state index contributed by atoms with van der Waals surface area (Å²) in [6, 6.07) is 20.3. The maximum atomic E-state index is 13.2. The Morgan fingerprint density at radius 2 is 1.82 bits per heavy atom. The van der Waals surface area contributed by atoms with E-state index in [1.807, 2.05) is 50.4 Å². The summed E-state index contributed by atoms with van der Waals surface area (Å²) in [5.74, 6) is 1.01. The number of halogens is 1. The van der Waals surface area contributed by atoms with E-state index in [9.17, 15) is 9.65 Å². The highest BCUT2D eigenvalue weighted by Crippen LogP contribution is 2.33. The Balaban J connectivity index is 1.50. The molecule has 3 aromatic carbocycles. The van der Waals surface area contributed by atoms with Crippen molar-refractivity contribution in [3.63, 3.8) is 0 Å². The molecule has 0 radical (unpaired) electrons. The molecule has 4 rings (SSSR count). The molecule has 0 spiro atoms. The molecule has 3 aromatic rings. The molecule has 33 heavy (non-hydrogen) atoms.